The summed E-state index contributed by atoms with van der Waals surface area (Å²) < 4.78 is 47.5. The Balaban J connectivity index is 1.26. The maximum absolute atomic E-state index is 12.6. The zero-order valence-electron chi connectivity index (χ0n) is 26.1. The number of piperazine rings is 1. The standard InChI is InChI=1S/C34H46F3N3O3/c1-24(2)28-8-6-7-9-29(28)30-23-38(22-25-10-12-27(13-11-25)42-34(35,36)37)18-19-40(30)26-20-33(21-26)14-16-39(17-15-33)31(41)43-32(3,4)5/h6-13,24,26,30H,14-23H2,1-5H3. The molecule has 0 bridgehead atoms. The molecule has 1 atom stereocenters. The summed E-state index contributed by atoms with van der Waals surface area (Å²) in [5.41, 5.74) is 3.52. The number of nitrogens with zero attached hydrogens (tertiary/aromatic N) is 3. The zero-order valence-corrected chi connectivity index (χ0v) is 26.1. The van der Waals surface area contributed by atoms with Crippen molar-refractivity contribution in [3.63, 3.8) is 0 Å². The third kappa shape index (κ3) is 7.85. The van der Waals surface area contributed by atoms with Gasteiger partial charge < -0.3 is 14.4 Å². The van der Waals surface area contributed by atoms with Gasteiger partial charge in [-0.3, -0.25) is 9.80 Å². The molecule has 1 saturated carbocycles. The first-order valence-electron chi connectivity index (χ1n) is 15.6. The van der Waals surface area contributed by atoms with Crippen molar-refractivity contribution in [1.82, 2.24) is 14.7 Å². The topological polar surface area (TPSA) is 45.2 Å². The van der Waals surface area contributed by atoms with Crippen molar-refractivity contribution in [2.75, 3.05) is 32.7 Å². The number of amides is 1. The largest absolute Gasteiger partial charge is 0.573 e. The first-order valence-corrected chi connectivity index (χ1v) is 15.6. The highest BCUT2D eigenvalue weighted by atomic mass is 19.4. The quantitative estimate of drug-likeness (QED) is 0.339. The lowest BCUT2D eigenvalue weighted by molar-refractivity contribution is -0.274. The van der Waals surface area contributed by atoms with Crippen molar-refractivity contribution < 1.29 is 27.4 Å². The SMILES string of the molecule is CC(C)c1ccccc1C1CN(Cc2ccc(OC(F)(F)F)cc2)CCN1C1CC2(CCN(C(=O)OC(C)(C)C)CC2)C1. The predicted molar refractivity (Wildman–Crippen MR) is 161 cm³/mol. The van der Waals surface area contributed by atoms with E-state index in [4.69, 9.17) is 4.74 Å². The molecule has 1 spiro atoms. The Bertz CT molecular complexity index is 1240. The number of alkyl halides is 3. The van der Waals surface area contributed by atoms with Gasteiger partial charge in [-0.1, -0.05) is 50.2 Å². The lowest BCUT2D eigenvalue weighted by Gasteiger charge is -2.58. The van der Waals surface area contributed by atoms with E-state index in [1.807, 2.05) is 25.7 Å². The van der Waals surface area contributed by atoms with Crippen LogP contribution in [-0.4, -0.2) is 71.5 Å². The van der Waals surface area contributed by atoms with E-state index >= 15 is 0 Å². The van der Waals surface area contributed by atoms with Gasteiger partial charge in [-0.05, 0) is 86.6 Å². The molecule has 2 aliphatic heterocycles. The molecule has 1 amide bonds. The molecule has 236 valence electrons. The molecule has 9 heteroatoms. The second kappa shape index (κ2) is 12.3. The van der Waals surface area contributed by atoms with Crippen molar-refractivity contribution in [3.8, 4) is 5.75 Å². The molecule has 2 saturated heterocycles. The van der Waals surface area contributed by atoms with Crippen LogP contribution in [0.4, 0.5) is 18.0 Å². The second-order valence-electron chi connectivity index (χ2n) is 14.0. The number of carbonyl (C=O) groups is 1. The Labute approximate surface area is 254 Å². The fourth-order valence-electron chi connectivity index (χ4n) is 7.18. The number of halogens is 3. The number of hydrogen-bond donors (Lipinski definition) is 0. The number of likely N-dealkylation sites (tertiary alicyclic amines) is 1. The van der Waals surface area contributed by atoms with Crippen LogP contribution < -0.4 is 4.74 Å². The van der Waals surface area contributed by atoms with Gasteiger partial charge in [-0.2, -0.15) is 0 Å². The van der Waals surface area contributed by atoms with Crippen molar-refractivity contribution >= 4 is 6.09 Å². The number of hydrogen-bond acceptors (Lipinski definition) is 5. The molecule has 0 radical (unpaired) electrons. The van der Waals surface area contributed by atoms with Crippen molar-refractivity contribution in [2.45, 2.75) is 96.8 Å². The van der Waals surface area contributed by atoms with Crippen LogP contribution in [0.15, 0.2) is 48.5 Å². The van der Waals surface area contributed by atoms with E-state index in [0.29, 0.717) is 23.9 Å². The highest BCUT2D eigenvalue weighted by Crippen LogP contribution is 2.53. The van der Waals surface area contributed by atoms with E-state index in [1.165, 1.54) is 23.3 Å². The smallest absolute Gasteiger partial charge is 0.444 e. The Morgan fingerprint density at radius 2 is 1.60 bits per heavy atom. The van der Waals surface area contributed by atoms with Gasteiger partial charge in [0.25, 0.3) is 0 Å². The minimum atomic E-state index is -4.69. The number of piperidine rings is 1. The summed E-state index contributed by atoms with van der Waals surface area (Å²) in [7, 11) is 0. The number of rotatable bonds is 6. The molecule has 5 rings (SSSR count). The number of ether oxygens (including phenoxy) is 2. The highest BCUT2D eigenvalue weighted by Gasteiger charge is 2.50. The molecular formula is C34H46F3N3O3. The maximum Gasteiger partial charge on any atom is 0.573 e. The zero-order chi connectivity index (χ0) is 31.0. The molecule has 43 heavy (non-hydrogen) atoms. The second-order valence-corrected chi connectivity index (χ2v) is 14.0. The van der Waals surface area contributed by atoms with Gasteiger partial charge in [0.15, 0.2) is 0 Å². The molecule has 2 aromatic rings. The third-order valence-corrected chi connectivity index (χ3v) is 9.33. The van der Waals surface area contributed by atoms with Gasteiger partial charge in [0.2, 0.25) is 0 Å². The summed E-state index contributed by atoms with van der Waals surface area (Å²) in [6.07, 6.45) is -0.563. The summed E-state index contributed by atoms with van der Waals surface area (Å²) in [4.78, 5) is 19.6. The van der Waals surface area contributed by atoms with E-state index in [0.717, 1.165) is 64.0 Å². The molecular weight excluding hydrogens is 555 g/mol. The average molecular weight is 602 g/mol. The Hall–Kier alpha value is -2.78. The fraction of sp³-hybridized carbons (Fsp3) is 0.618. The Morgan fingerprint density at radius 1 is 0.953 bits per heavy atom. The summed E-state index contributed by atoms with van der Waals surface area (Å²) in [6, 6.07) is 15.7. The van der Waals surface area contributed by atoms with Crippen LogP contribution in [-0.2, 0) is 11.3 Å². The van der Waals surface area contributed by atoms with E-state index in [-0.39, 0.29) is 17.9 Å². The van der Waals surface area contributed by atoms with E-state index < -0.39 is 12.0 Å². The molecule has 2 aromatic carbocycles. The van der Waals surface area contributed by atoms with Crippen LogP contribution in [0, 0.1) is 5.41 Å². The maximum atomic E-state index is 12.6. The molecule has 0 N–H and O–H groups in total. The van der Waals surface area contributed by atoms with Crippen molar-refractivity contribution in [3.05, 3.63) is 65.2 Å². The molecule has 0 aromatic heterocycles. The van der Waals surface area contributed by atoms with Gasteiger partial charge in [0.1, 0.15) is 11.4 Å². The lowest BCUT2D eigenvalue weighted by atomic mass is 9.59. The van der Waals surface area contributed by atoms with Crippen LogP contribution in [0.25, 0.3) is 0 Å². The lowest BCUT2D eigenvalue weighted by Crippen LogP contribution is -2.60. The first kappa shape index (κ1) is 31.6. The first-order chi connectivity index (χ1) is 20.2. The third-order valence-electron chi connectivity index (χ3n) is 9.33. The van der Waals surface area contributed by atoms with Crippen LogP contribution in [0.3, 0.4) is 0 Å². The van der Waals surface area contributed by atoms with Gasteiger partial charge in [0, 0.05) is 51.4 Å². The van der Waals surface area contributed by atoms with Gasteiger partial charge >= 0.3 is 12.5 Å². The van der Waals surface area contributed by atoms with Crippen LogP contribution in [0.5, 0.6) is 5.75 Å². The highest BCUT2D eigenvalue weighted by molar-refractivity contribution is 5.68. The summed E-state index contributed by atoms with van der Waals surface area (Å²) in [5.74, 6) is 0.208. The molecule has 6 nitrogen and oxygen atoms in total. The van der Waals surface area contributed by atoms with Gasteiger partial charge in [-0.15, -0.1) is 13.2 Å². The normalized spacial score (nSPS) is 22.1. The van der Waals surface area contributed by atoms with E-state index in [2.05, 4.69) is 52.6 Å². The van der Waals surface area contributed by atoms with Crippen molar-refractivity contribution in [1.29, 1.82) is 0 Å². The Morgan fingerprint density at radius 3 is 2.21 bits per heavy atom. The van der Waals surface area contributed by atoms with Gasteiger partial charge in [-0.25, -0.2) is 4.79 Å². The van der Waals surface area contributed by atoms with Crippen molar-refractivity contribution in [2.24, 2.45) is 5.41 Å². The van der Waals surface area contributed by atoms with E-state index in [1.54, 1.807) is 12.1 Å². The molecule has 2 heterocycles. The molecule has 1 unspecified atom stereocenters. The van der Waals surface area contributed by atoms with Crippen LogP contribution in [0.1, 0.15) is 89.0 Å². The molecule has 1 aliphatic carbocycles. The Kier molecular flexibility index (Phi) is 9.06. The summed E-state index contributed by atoms with van der Waals surface area (Å²) >= 11 is 0. The van der Waals surface area contributed by atoms with Crippen LogP contribution >= 0.6 is 0 Å². The molecule has 3 aliphatic rings. The minimum Gasteiger partial charge on any atom is -0.444 e. The minimum absolute atomic E-state index is 0.194. The predicted octanol–water partition coefficient (Wildman–Crippen LogP) is 7.75. The summed E-state index contributed by atoms with van der Waals surface area (Å²) in [6.45, 7) is 15.1. The van der Waals surface area contributed by atoms with Gasteiger partial charge in [0.05, 0.1) is 0 Å². The van der Waals surface area contributed by atoms with E-state index in [9.17, 15) is 18.0 Å². The summed E-state index contributed by atoms with van der Waals surface area (Å²) in [5, 5.41) is 0. The molecule has 3 fully saturated rings. The fourth-order valence-corrected chi connectivity index (χ4v) is 7.18. The van der Waals surface area contributed by atoms with Crippen LogP contribution in [0.2, 0.25) is 0 Å². The number of benzene rings is 2. The monoisotopic (exact) mass is 601 g/mol. The number of carbonyl (C=O) groups excluding carboxylic acids is 1. The average Bonchev–Trinajstić information content (AvgIpc) is 2.91.